The van der Waals surface area contributed by atoms with Crippen LogP contribution in [-0.4, -0.2) is 48.7 Å². The minimum atomic E-state index is -0.919. The summed E-state index contributed by atoms with van der Waals surface area (Å²) in [5, 5.41) is 12.6. The Balaban J connectivity index is 2.70. The molecule has 18 heavy (non-hydrogen) atoms. The monoisotopic (exact) mass is 254 g/mol. The fraction of sp³-hybridized carbons (Fsp3) is 0.636. The smallest absolute Gasteiger partial charge is 0.305 e. The SMILES string of the molecule is CC(C)(C)N(CCC(=O)O)C(=O)Cn1cncn1. The van der Waals surface area contributed by atoms with Crippen molar-refractivity contribution in [3.8, 4) is 0 Å². The molecule has 0 saturated carbocycles. The predicted octanol–water partition coefficient (Wildman–Crippen LogP) is 0.380. The van der Waals surface area contributed by atoms with Crippen molar-refractivity contribution in [1.29, 1.82) is 0 Å². The van der Waals surface area contributed by atoms with E-state index < -0.39 is 11.5 Å². The van der Waals surface area contributed by atoms with Crippen molar-refractivity contribution in [2.75, 3.05) is 6.54 Å². The Bertz CT molecular complexity index is 408. The Morgan fingerprint density at radius 3 is 2.50 bits per heavy atom. The number of rotatable bonds is 5. The van der Waals surface area contributed by atoms with Gasteiger partial charge in [0.05, 0.1) is 6.42 Å². The van der Waals surface area contributed by atoms with Crippen LogP contribution in [0.25, 0.3) is 0 Å². The van der Waals surface area contributed by atoms with E-state index in [1.54, 1.807) is 4.90 Å². The van der Waals surface area contributed by atoms with Gasteiger partial charge >= 0.3 is 5.97 Å². The number of carbonyl (C=O) groups excluding carboxylic acids is 1. The van der Waals surface area contributed by atoms with Gasteiger partial charge in [-0.1, -0.05) is 0 Å². The highest BCUT2D eigenvalue weighted by Crippen LogP contribution is 2.14. The summed E-state index contributed by atoms with van der Waals surface area (Å²) in [6.07, 6.45) is 2.74. The fourth-order valence-electron chi connectivity index (χ4n) is 1.58. The molecule has 0 unspecified atom stereocenters. The van der Waals surface area contributed by atoms with E-state index in [9.17, 15) is 9.59 Å². The molecule has 7 heteroatoms. The molecule has 0 radical (unpaired) electrons. The molecule has 1 heterocycles. The molecule has 0 bridgehead atoms. The highest BCUT2D eigenvalue weighted by atomic mass is 16.4. The van der Waals surface area contributed by atoms with Crippen LogP contribution in [-0.2, 0) is 16.1 Å². The van der Waals surface area contributed by atoms with Crippen LogP contribution >= 0.6 is 0 Å². The largest absolute Gasteiger partial charge is 0.481 e. The van der Waals surface area contributed by atoms with Crippen LogP contribution in [0.15, 0.2) is 12.7 Å². The zero-order chi connectivity index (χ0) is 13.8. The van der Waals surface area contributed by atoms with Gasteiger partial charge in [-0.2, -0.15) is 5.10 Å². The maximum Gasteiger partial charge on any atom is 0.305 e. The van der Waals surface area contributed by atoms with Crippen LogP contribution in [0.5, 0.6) is 0 Å². The summed E-state index contributed by atoms with van der Waals surface area (Å²) in [4.78, 5) is 28.0. The molecular formula is C11H18N4O3. The Kier molecular flexibility index (Phi) is 4.41. The number of aliphatic carboxylic acids is 1. The van der Waals surface area contributed by atoms with E-state index in [0.717, 1.165) is 0 Å². The molecule has 1 aromatic rings. The molecular weight excluding hydrogens is 236 g/mol. The van der Waals surface area contributed by atoms with Gasteiger partial charge in [0.2, 0.25) is 5.91 Å². The van der Waals surface area contributed by atoms with E-state index in [1.807, 2.05) is 20.8 Å². The molecule has 0 aromatic carbocycles. The number of carboxylic acids is 1. The van der Waals surface area contributed by atoms with Gasteiger partial charge in [-0.05, 0) is 20.8 Å². The van der Waals surface area contributed by atoms with E-state index in [2.05, 4.69) is 10.1 Å². The standard InChI is InChI=1S/C11H18N4O3/c1-11(2,3)15(5-4-10(17)18)9(16)6-14-8-12-7-13-14/h7-8H,4-6H2,1-3H3,(H,17,18). The van der Waals surface area contributed by atoms with E-state index >= 15 is 0 Å². The predicted molar refractivity (Wildman–Crippen MR) is 63.7 cm³/mol. The van der Waals surface area contributed by atoms with Gasteiger partial charge in [-0.15, -0.1) is 0 Å². The summed E-state index contributed by atoms with van der Waals surface area (Å²) in [6, 6.07) is 0. The molecule has 1 rings (SSSR count). The quantitative estimate of drug-likeness (QED) is 0.820. The minimum absolute atomic E-state index is 0.0664. The second kappa shape index (κ2) is 5.61. The lowest BCUT2D eigenvalue weighted by Crippen LogP contribution is -2.48. The Hall–Kier alpha value is -1.92. The lowest BCUT2D eigenvalue weighted by atomic mass is 10.1. The van der Waals surface area contributed by atoms with Crippen LogP contribution < -0.4 is 0 Å². The van der Waals surface area contributed by atoms with Crippen LogP contribution in [0, 0.1) is 0 Å². The minimum Gasteiger partial charge on any atom is -0.481 e. The summed E-state index contributed by atoms with van der Waals surface area (Å²) in [6.45, 7) is 5.86. The summed E-state index contributed by atoms with van der Waals surface area (Å²) in [5.74, 6) is -1.09. The average Bonchev–Trinajstić information content (AvgIpc) is 2.67. The van der Waals surface area contributed by atoms with Gasteiger partial charge < -0.3 is 10.0 Å². The van der Waals surface area contributed by atoms with Gasteiger partial charge in [0, 0.05) is 12.1 Å². The number of carbonyl (C=O) groups is 2. The molecule has 1 N–H and O–H groups in total. The van der Waals surface area contributed by atoms with E-state index in [4.69, 9.17) is 5.11 Å². The van der Waals surface area contributed by atoms with Gasteiger partial charge in [0.25, 0.3) is 0 Å². The van der Waals surface area contributed by atoms with Gasteiger partial charge in [-0.25, -0.2) is 9.67 Å². The summed E-state index contributed by atoms with van der Waals surface area (Å²) in [7, 11) is 0. The number of nitrogens with zero attached hydrogens (tertiary/aromatic N) is 4. The van der Waals surface area contributed by atoms with E-state index in [1.165, 1.54) is 17.3 Å². The van der Waals surface area contributed by atoms with Crippen molar-refractivity contribution in [3.63, 3.8) is 0 Å². The summed E-state index contributed by atoms with van der Waals surface area (Å²) < 4.78 is 1.42. The molecule has 0 saturated heterocycles. The molecule has 0 aliphatic rings. The number of amides is 1. The highest BCUT2D eigenvalue weighted by molar-refractivity contribution is 5.77. The van der Waals surface area contributed by atoms with Crippen molar-refractivity contribution in [3.05, 3.63) is 12.7 Å². The van der Waals surface area contributed by atoms with E-state index in [0.29, 0.717) is 0 Å². The third-order valence-corrected chi connectivity index (χ3v) is 2.42. The normalized spacial score (nSPS) is 11.3. The molecule has 7 nitrogen and oxygen atoms in total. The third-order valence-electron chi connectivity index (χ3n) is 2.42. The number of hydrogen-bond acceptors (Lipinski definition) is 4. The molecule has 0 aliphatic heterocycles. The van der Waals surface area contributed by atoms with Crippen LogP contribution in [0.4, 0.5) is 0 Å². The maximum absolute atomic E-state index is 12.1. The molecule has 0 aliphatic carbocycles. The van der Waals surface area contributed by atoms with Crippen molar-refractivity contribution in [1.82, 2.24) is 19.7 Å². The van der Waals surface area contributed by atoms with Gasteiger partial charge in [0.1, 0.15) is 19.2 Å². The fourth-order valence-corrected chi connectivity index (χ4v) is 1.58. The Morgan fingerprint density at radius 1 is 1.39 bits per heavy atom. The van der Waals surface area contributed by atoms with Crippen LogP contribution in [0.1, 0.15) is 27.2 Å². The average molecular weight is 254 g/mol. The maximum atomic E-state index is 12.1. The second-order valence-corrected chi connectivity index (χ2v) is 4.95. The van der Waals surface area contributed by atoms with Crippen molar-refractivity contribution in [2.24, 2.45) is 0 Å². The van der Waals surface area contributed by atoms with Crippen molar-refractivity contribution < 1.29 is 14.7 Å². The van der Waals surface area contributed by atoms with E-state index in [-0.39, 0.29) is 25.4 Å². The molecule has 0 spiro atoms. The molecule has 100 valence electrons. The zero-order valence-electron chi connectivity index (χ0n) is 10.8. The highest BCUT2D eigenvalue weighted by Gasteiger charge is 2.26. The molecule has 1 amide bonds. The number of aromatic nitrogens is 3. The molecule has 1 aromatic heterocycles. The topological polar surface area (TPSA) is 88.3 Å². The van der Waals surface area contributed by atoms with Crippen LogP contribution in [0.3, 0.4) is 0 Å². The first kappa shape index (κ1) is 14.1. The Morgan fingerprint density at radius 2 is 2.06 bits per heavy atom. The number of hydrogen-bond donors (Lipinski definition) is 1. The van der Waals surface area contributed by atoms with Gasteiger partial charge in [-0.3, -0.25) is 9.59 Å². The van der Waals surface area contributed by atoms with Crippen molar-refractivity contribution in [2.45, 2.75) is 39.3 Å². The van der Waals surface area contributed by atoms with Crippen molar-refractivity contribution >= 4 is 11.9 Å². The number of carboxylic acid groups (broad SMARTS) is 1. The lowest BCUT2D eigenvalue weighted by Gasteiger charge is -2.35. The summed E-state index contributed by atoms with van der Waals surface area (Å²) in [5.41, 5.74) is -0.423. The first-order valence-corrected chi connectivity index (χ1v) is 5.65. The zero-order valence-corrected chi connectivity index (χ0v) is 10.8. The first-order chi connectivity index (χ1) is 8.30. The first-order valence-electron chi connectivity index (χ1n) is 5.65. The Labute approximate surface area is 105 Å². The van der Waals surface area contributed by atoms with Crippen LogP contribution in [0.2, 0.25) is 0 Å². The third kappa shape index (κ3) is 4.15. The molecule has 0 fully saturated rings. The summed E-state index contributed by atoms with van der Waals surface area (Å²) >= 11 is 0. The second-order valence-electron chi connectivity index (χ2n) is 4.95. The van der Waals surface area contributed by atoms with Gasteiger partial charge in [0.15, 0.2) is 0 Å². The lowest BCUT2D eigenvalue weighted by molar-refractivity contribution is -0.141. The molecule has 0 atom stereocenters.